The van der Waals surface area contributed by atoms with E-state index in [0.717, 1.165) is 28.6 Å². The molecule has 5 nitrogen and oxygen atoms in total. The van der Waals surface area contributed by atoms with Gasteiger partial charge in [0.15, 0.2) is 0 Å². The molecule has 1 unspecified atom stereocenters. The van der Waals surface area contributed by atoms with Gasteiger partial charge in [-0.3, -0.25) is 0 Å². The van der Waals surface area contributed by atoms with E-state index in [0.29, 0.717) is 23.0 Å². The van der Waals surface area contributed by atoms with Crippen molar-refractivity contribution in [1.82, 2.24) is 9.97 Å². The topological polar surface area (TPSA) is 75.1 Å². The first-order valence-electron chi connectivity index (χ1n) is 9.78. The van der Waals surface area contributed by atoms with Gasteiger partial charge in [-0.25, -0.2) is 23.5 Å². The van der Waals surface area contributed by atoms with E-state index < -0.39 is 23.6 Å². The number of rotatable bonds is 4. The second-order valence-electron chi connectivity index (χ2n) is 7.58. The average molecular weight is 417 g/mol. The van der Waals surface area contributed by atoms with Crippen LogP contribution >= 0.6 is 0 Å². The number of nitrogens with zero attached hydrogens (tertiary/aromatic N) is 2. The number of nitrogens with one attached hydrogen (secondary N) is 1. The van der Waals surface area contributed by atoms with E-state index in [1.165, 1.54) is 24.3 Å². The van der Waals surface area contributed by atoms with E-state index in [2.05, 4.69) is 5.32 Å². The van der Waals surface area contributed by atoms with Crippen LogP contribution in [0.25, 0.3) is 22.3 Å². The van der Waals surface area contributed by atoms with Gasteiger partial charge >= 0.3 is 5.97 Å². The number of aromatic carboxylic acids is 1. The Kier molecular flexibility index (Phi) is 4.39. The Morgan fingerprint density at radius 1 is 1.06 bits per heavy atom. The lowest BCUT2D eigenvalue weighted by Gasteiger charge is -2.19. The number of carboxylic acid groups (broad SMARTS) is 1. The molecule has 1 atom stereocenters. The number of carboxylic acids is 1. The van der Waals surface area contributed by atoms with Crippen LogP contribution in [0.15, 0.2) is 54.6 Å². The molecule has 1 aliphatic carbocycles. The van der Waals surface area contributed by atoms with Crippen molar-refractivity contribution in [3.63, 3.8) is 0 Å². The largest absolute Gasteiger partial charge is 0.478 e. The monoisotopic (exact) mass is 417 g/mol. The molecule has 7 heteroatoms. The number of halogens is 2. The molecular formula is C24H17F2N3O2. The number of anilines is 1. The molecule has 5 rings (SSSR count). The Bertz CT molecular complexity index is 1370. The molecule has 0 amide bonds. The smallest absolute Gasteiger partial charge is 0.337 e. The molecule has 0 spiro atoms. The summed E-state index contributed by atoms with van der Waals surface area (Å²) in [5.41, 5.74) is 5.26. The number of carbonyl (C=O) groups is 1. The standard InChI is InChI=1S/C24H17F2N3O2/c1-12(27-19-7-6-14(25)9-18(19)24(30)31)17-10-15(26)11-21-23(17)28-20-8-13-4-2-3-5-16(13)22(20)29-21/h2-7,9-12,27H,8H2,1H3,(H,30,31). The normalized spacial score (nSPS) is 13.0. The molecule has 0 radical (unpaired) electrons. The number of benzene rings is 3. The van der Waals surface area contributed by atoms with E-state index in [1.54, 1.807) is 6.92 Å². The summed E-state index contributed by atoms with van der Waals surface area (Å²) in [6.07, 6.45) is 0.647. The van der Waals surface area contributed by atoms with E-state index >= 15 is 0 Å². The maximum atomic E-state index is 14.5. The summed E-state index contributed by atoms with van der Waals surface area (Å²) in [5, 5.41) is 12.4. The molecule has 1 aliphatic rings. The number of aromatic nitrogens is 2. The molecule has 1 heterocycles. The van der Waals surface area contributed by atoms with Crippen molar-refractivity contribution in [3.8, 4) is 11.3 Å². The summed E-state index contributed by atoms with van der Waals surface area (Å²) in [6.45, 7) is 1.77. The highest BCUT2D eigenvalue weighted by Crippen LogP contribution is 2.36. The maximum absolute atomic E-state index is 14.5. The van der Waals surface area contributed by atoms with Gasteiger partial charge in [0.2, 0.25) is 0 Å². The van der Waals surface area contributed by atoms with Crippen LogP contribution in [0.3, 0.4) is 0 Å². The predicted octanol–water partition coefficient (Wildman–Crippen LogP) is 5.35. The second-order valence-corrected chi connectivity index (χ2v) is 7.58. The van der Waals surface area contributed by atoms with Crippen LogP contribution in [-0.2, 0) is 6.42 Å². The molecule has 4 aromatic rings. The average Bonchev–Trinajstić information content (AvgIpc) is 3.10. The molecular weight excluding hydrogens is 400 g/mol. The minimum absolute atomic E-state index is 0.199. The van der Waals surface area contributed by atoms with Crippen molar-refractivity contribution in [1.29, 1.82) is 0 Å². The van der Waals surface area contributed by atoms with Crippen LogP contribution in [0, 0.1) is 11.6 Å². The lowest BCUT2D eigenvalue weighted by Crippen LogP contribution is -2.12. The Labute approximate surface area is 176 Å². The van der Waals surface area contributed by atoms with Crippen LogP contribution in [0.1, 0.15) is 40.1 Å². The third-order valence-corrected chi connectivity index (χ3v) is 5.52. The third-order valence-electron chi connectivity index (χ3n) is 5.52. The van der Waals surface area contributed by atoms with Crippen molar-refractivity contribution in [3.05, 3.63) is 88.6 Å². The Morgan fingerprint density at radius 3 is 2.68 bits per heavy atom. The zero-order valence-corrected chi connectivity index (χ0v) is 16.5. The summed E-state index contributed by atoms with van der Waals surface area (Å²) in [7, 11) is 0. The van der Waals surface area contributed by atoms with Crippen molar-refractivity contribution in [2.75, 3.05) is 5.32 Å². The summed E-state index contributed by atoms with van der Waals surface area (Å²) in [4.78, 5) is 21.0. The molecule has 2 N–H and O–H groups in total. The highest BCUT2D eigenvalue weighted by Gasteiger charge is 2.24. The third kappa shape index (κ3) is 3.28. The van der Waals surface area contributed by atoms with Gasteiger partial charge in [-0.1, -0.05) is 24.3 Å². The van der Waals surface area contributed by atoms with Crippen molar-refractivity contribution in [2.45, 2.75) is 19.4 Å². The van der Waals surface area contributed by atoms with Crippen LogP contribution in [0.4, 0.5) is 14.5 Å². The van der Waals surface area contributed by atoms with E-state index in [1.807, 2.05) is 24.3 Å². The highest BCUT2D eigenvalue weighted by molar-refractivity contribution is 5.94. The highest BCUT2D eigenvalue weighted by atomic mass is 19.1. The SMILES string of the molecule is CC(Nc1ccc(F)cc1C(=O)O)c1cc(F)cc2nc3c(nc12)Cc1ccccc1-3. The maximum Gasteiger partial charge on any atom is 0.337 e. The summed E-state index contributed by atoms with van der Waals surface area (Å²) in [6, 6.07) is 13.6. The summed E-state index contributed by atoms with van der Waals surface area (Å²) in [5.74, 6) is -2.37. The zero-order chi connectivity index (χ0) is 21.7. The molecule has 154 valence electrons. The molecule has 0 bridgehead atoms. The molecule has 31 heavy (non-hydrogen) atoms. The van der Waals surface area contributed by atoms with E-state index in [-0.39, 0.29) is 11.3 Å². The second kappa shape index (κ2) is 7.12. The van der Waals surface area contributed by atoms with Crippen molar-refractivity contribution in [2.24, 2.45) is 0 Å². The van der Waals surface area contributed by atoms with E-state index in [4.69, 9.17) is 9.97 Å². The quantitative estimate of drug-likeness (QED) is 0.412. The molecule has 3 aromatic carbocycles. The van der Waals surface area contributed by atoms with Gasteiger partial charge in [0.1, 0.15) is 11.6 Å². The fraction of sp³-hybridized carbons (Fsp3) is 0.125. The molecule has 0 fully saturated rings. The predicted molar refractivity (Wildman–Crippen MR) is 113 cm³/mol. The van der Waals surface area contributed by atoms with Crippen LogP contribution in [-0.4, -0.2) is 21.0 Å². The van der Waals surface area contributed by atoms with Crippen LogP contribution < -0.4 is 5.32 Å². The van der Waals surface area contributed by atoms with Gasteiger partial charge in [0.05, 0.1) is 34.0 Å². The number of hydrogen-bond acceptors (Lipinski definition) is 4. The zero-order valence-electron chi connectivity index (χ0n) is 16.5. The fourth-order valence-corrected chi connectivity index (χ4v) is 4.07. The van der Waals surface area contributed by atoms with Crippen molar-refractivity contribution >= 4 is 22.7 Å². The van der Waals surface area contributed by atoms with Crippen molar-refractivity contribution < 1.29 is 18.7 Å². The molecule has 1 aromatic heterocycles. The van der Waals surface area contributed by atoms with Crippen LogP contribution in [0.5, 0.6) is 0 Å². The fourth-order valence-electron chi connectivity index (χ4n) is 4.07. The summed E-state index contributed by atoms with van der Waals surface area (Å²) < 4.78 is 28.0. The lowest BCUT2D eigenvalue weighted by atomic mass is 10.0. The van der Waals surface area contributed by atoms with Gasteiger partial charge in [0.25, 0.3) is 0 Å². The first-order chi connectivity index (χ1) is 14.9. The molecule has 0 saturated carbocycles. The van der Waals surface area contributed by atoms with Gasteiger partial charge in [-0.2, -0.15) is 0 Å². The first kappa shape index (κ1) is 19.1. The molecule has 0 saturated heterocycles. The van der Waals surface area contributed by atoms with E-state index in [9.17, 15) is 18.7 Å². The number of hydrogen-bond donors (Lipinski definition) is 2. The minimum atomic E-state index is -1.26. The van der Waals surface area contributed by atoms with Crippen LogP contribution in [0.2, 0.25) is 0 Å². The first-order valence-corrected chi connectivity index (χ1v) is 9.78. The minimum Gasteiger partial charge on any atom is -0.478 e. The lowest BCUT2D eigenvalue weighted by molar-refractivity contribution is 0.0697. The van der Waals surface area contributed by atoms with Gasteiger partial charge in [0, 0.05) is 29.3 Å². The van der Waals surface area contributed by atoms with Gasteiger partial charge in [-0.05, 0) is 36.8 Å². The Morgan fingerprint density at radius 2 is 1.87 bits per heavy atom. The molecule has 0 aliphatic heterocycles. The Balaban J connectivity index is 1.59. The van der Waals surface area contributed by atoms with Gasteiger partial charge in [-0.15, -0.1) is 0 Å². The summed E-state index contributed by atoms with van der Waals surface area (Å²) >= 11 is 0. The number of fused-ring (bicyclic) bond motifs is 4. The van der Waals surface area contributed by atoms with Gasteiger partial charge < -0.3 is 10.4 Å². The Hall–Kier alpha value is -3.87.